The zero-order valence-electron chi connectivity index (χ0n) is 20.5. The topological polar surface area (TPSA) is 49.4 Å². The lowest BCUT2D eigenvalue weighted by atomic mass is 10.00. The molecule has 0 saturated carbocycles. The number of carbonyl (C=O) groups excluding carboxylic acids is 2. The van der Waals surface area contributed by atoms with Crippen LogP contribution < -0.4 is 5.32 Å². The number of rotatable bonds is 9. The van der Waals surface area contributed by atoms with Crippen molar-refractivity contribution in [2.24, 2.45) is 0 Å². The molecule has 0 bridgehead atoms. The highest BCUT2D eigenvalue weighted by Gasteiger charge is 2.30. The third-order valence-electron chi connectivity index (χ3n) is 5.51. The molecule has 0 aliphatic rings. The van der Waals surface area contributed by atoms with Crippen LogP contribution in [0, 0.1) is 0 Å². The van der Waals surface area contributed by atoms with E-state index in [1.807, 2.05) is 33.8 Å². The maximum absolute atomic E-state index is 13.4. The van der Waals surface area contributed by atoms with Crippen molar-refractivity contribution < 1.29 is 9.59 Å². The lowest BCUT2D eigenvalue weighted by Gasteiger charge is -2.33. The average Bonchev–Trinajstić information content (AvgIpc) is 2.72. The molecule has 0 fully saturated rings. The molecule has 0 saturated heterocycles. The number of carbonyl (C=O) groups is 2. The Kier molecular flexibility index (Phi) is 9.81. The van der Waals surface area contributed by atoms with Gasteiger partial charge >= 0.3 is 0 Å². The maximum Gasteiger partial charge on any atom is 0.243 e. The number of hydrogen-bond acceptors (Lipinski definition) is 2. The van der Waals surface area contributed by atoms with Crippen molar-refractivity contribution in [1.29, 1.82) is 0 Å². The molecule has 1 N–H and O–H groups in total. The highest BCUT2D eigenvalue weighted by atomic mass is 35.5. The Morgan fingerprint density at radius 1 is 1.03 bits per heavy atom. The van der Waals surface area contributed by atoms with E-state index in [1.165, 1.54) is 5.56 Å². The van der Waals surface area contributed by atoms with Crippen molar-refractivity contribution in [2.75, 3.05) is 0 Å². The van der Waals surface area contributed by atoms with E-state index >= 15 is 0 Å². The van der Waals surface area contributed by atoms with Gasteiger partial charge in [-0.15, -0.1) is 0 Å². The fraction of sp³-hybridized carbons (Fsp3) is 0.481. The molecule has 0 spiro atoms. The molecule has 4 nitrogen and oxygen atoms in total. The number of aryl methyl sites for hydroxylation is 1. The molecular weight excluding hydrogens is 455 g/mol. The Balaban J connectivity index is 2.25. The minimum atomic E-state index is -0.591. The Morgan fingerprint density at radius 2 is 1.67 bits per heavy atom. The lowest BCUT2D eigenvalue weighted by molar-refractivity contribution is -0.142. The average molecular weight is 492 g/mol. The van der Waals surface area contributed by atoms with E-state index in [0.717, 1.165) is 11.1 Å². The Hall–Kier alpha value is -2.04. The van der Waals surface area contributed by atoms with Gasteiger partial charge in [0.05, 0.1) is 0 Å². The van der Waals surface area contributed by atoms with Crippen LogP contribution in [0.1, 0.15) is 77.0 Å². The van der Waals surface area contributed by atoms with Gasteiger partial charge in [-0.1, -0.05) is 74.3 Å². The molecule has 0 aromatic heterocycles. The van der Waals surface area contributed by atoms with Crippen LogP contribution in [-0.4, -0.2) is 28.3 Å². The Labute approximate surface area is 208 Å². The second-order valence-electron chi connectivity index (χ2n) is 9.82. The van der Waals surface area contributed by atoms with E-state index in [0.29, 0.717) is 35.2 Å². The third-order valence-corrected chi connectivity index (χ3v) is 6.10. The van der Waals surface area contributed by atoms with Gasteiger partial charge in [0, 0.05) is 28.5 Å². The van der Waals surface area contributed by atoms with Crippen LogP contribution >= 0.6 is 23.2 Å². The van der Waals surface area contributed by atoms with Gasteiger partial charge in [0.1, 0.15) is 6.04 Å². The minimum absolute atomic E-state index is 0.0788. The first kappa shape index (κ1) is 27.2. The van der Waals surface area contributed by atoms with Crippen LogP contribution in [0.15, 0.2) is 42.5 Å². The van der Waals surface area contributed by atoms with E-state index in [-0.39, 0.29) is 18.4 Å². The van der Waals surface area contributed by atoms with Crippen molar-refractivity contribution >= 4 is 35.0 Å². The fourth-order valence-electron chi connectivity index (χ4n) is 3.67. The van der Waals surface area contributed by atoms with Gasteiger partial charge in [0.25, 0.3) is 0 Å². The van der Waals surface area contributed by atoms with Crippen LogP contribution in [0.3, 0.4) is 0 Å². The summed E-state index contributed by atoms with van der Waals surface area (Å²) >= 11 is 12.5. The first-order valence-electron chi connectivity index (χ1n) is 11.6. The number of hydrogen-bond donors (Lipinski definition) is 1. The van der Waals surface area contributed by atoms with Crippen LogP contribution in [0.25, 0.3) is 0 Å². The fourth-order valence-corrected chi connectivity index (χ4v) is 4.14. The van der Waals surface area contributed by atoms with Gasteiger partial charge in [0.15, 0.2) is 0 Å². The zero-order valence-corrected chi connectivity index (χ0v) is 22.1. The van der Waals surface area contributed by atoms with Crippen LogP contribution in [0.4, 0.5) is 0 Å². The van der Waals surface area contributed by atoms with Gasteiger partial charge in [0.2, 0.25) is 11.8 Å². The molecule has 6 heteroatoms. The molecule has 1 atom stereocenters. The Bertz CT molecular complexity index is 950. The van der Waals surface area contributed by atoms with Crippen LogP contribution in [0.2, 0.25) is 10.0 Å². The summed E-state index contributed by atoms with van der Waals surface area (Å²) < 4.78 is 0. The zero-order chi connectivity index (χ0) is 24.8. The molecule has 2 aromatic carbocycles. The molecule has 2 rings (SSSR count). The number of halogens is 2. The highest BCUT2D eigenvalue weighted by molar-refractivity contribution is 6.35. The summed E-state index contributed by atoms with van der Waals surface area (Å²) in [6.07, 6.45) is 1.42. The normalized spacial score (nSPS) is 12.5. The number of benzene rings is 2. The van der Waals surface area contributed by atoms with Gasteiger partial charge in [-0.3, -0.25) is 9.59 Å². The van der Waals surface area contributed by atoms with E-state index in [1.54, 1.807) is 17.0 Å². The van der Waals surface area contributed by atoms with Crippen molar-refractivity contribution in [3.8, 4) is 0 Å². The van der Waals surface area contributed by atoms with E-state index in [9.17, 15) is 9.59 Å². The van der Waals surface area contributed by atoms with E-state index in [2.05, 4.69) is 43.4 Å². The summed E-state index contributed by atoms with van der Waals surface area (Å²) in [5.41, 5.74) is 2.74. The second kappa shape index (κ2) is 11.9. The summed E-state index contributed by atoms with van der Waals surface area (Å²) in [5.74, 6) is 0.224. The summed E-state index contributed by atoms with van der Waals surface area (Å²) in [4.78, 5) is 28.2. The standard InChI is InChI=1S/C27H36Cl2N2O2/c1-7-24(26(33)30-27(4,5)6)31(17-21-13-14-22(28)16-23(21)29)25(32)15-10-19-8-11-20(12-9-19)18(2)3/h8-9,11-14,16,18,24H,7,10,15,17H2,1-6H3,(H,30,33)/t24-/m1/s1. The van der Waals surface area contributed by atoms with Crippen LogP contribution in [-0.2, 0) is 22.6 Å². The molecule has 33 heavy (non-hydrogen) atoms. The first-order chi connectivity index (χ1) is 15.4. The first-order valence-corrected chi connectivity index (χ1v) is 12.3. The molecule has 180 valence electrons. The smallest absolute Gasteiger partial charge is 0.243 e. The van der Waals surface area contributed by atoms with Gasteiger partial charge in [-0.2, -0.15) is 0 Å². The predicted octanol–water partition coefficient (Wildman–Crippen LogP) is 6.77. The molecule has 0 aliphatic heterocycles. The molecular formula is C27H36Cl2N2O2. The lowest BCUT2D eigenvalue weighted by Crippen LogP contribution is -2.53. The summed E-state index contributed by atoms with van der Waals surface area (Å²) in [7, 11) is 0. The third kappa shape index (κ3) is 8.35. The molecule has 0 aliphatic carbocycles. The van der Waals surface area contributed by atoms with Gasteiger partial charge in [-0.25, -0.2) is 0 Å². The molecule has 2 amide bonds. The molecule has 0 unspecified atom stereocenters. The van der Waals surface area contributed by atoms with E-state index in [4.69, 9.17) is 23.2 Å². The molecule has 0 heterocycles. The van der Waals surface area contributed by atoms with Crippen molar-refractivity contribution in [2.45, 2.75) is 84.8 Å². The predicted molar refractivity (Wildman–Crippen MR) is 138 cm³/mol. The Morgan fingerprint density at radius 3 is 2.18 bits per heavy atom. The number of amides is 2. The second-order valence-corrected chi connectivity index (χ2v) is 10.7. The number of nitrogens with one attached hydrogen (secondary N) is 1. The largest absolute Gasteiger partial charge is 0.350 e. The van der Waals surface area contributed by atoms with Gasteiger partial charge in [-0.05, 0) is 68.4 Å². The van der Waals surface area contributed by atoms with Crippen molar-refractivity contribution in [1.82, 2.24) is 10.2 Å². The number of nitrogens with zero attached hydrogens (tertiary/aromatic N) is 1. The van der Waals surface area contributed by atoms with Crippen molar-refractivity contribution in [3.63, 3.8) is 0 Å². The quantitative estimate of drug-likeness (QED) is 0.421. The summed E-state index contributed by atoms with van der Waals surface area (Å²) in [5, 5.41) is 4.03. The summed E-state index contributed by atoms with van der Waals surface area (Å²) in [6.45, 7) is 12.3. The van der Waals surface area contributed by atoms with E-state index < -0.39 is 11.6 Å². The monoisotopic (exact) mass is 490 g/mol. The van der Waals surface area contributed by atoms with Crippen LogP contribution in [0.5, 0.6) is 0 Å². The molecule has 0 radical (unpaired) electrons. The SMILES string of the molecule is CC[C@H](C(=O)NC(C)(C)C)N(Cc1ccc(Cl)cc1Cl)C(=O)CCc1ccc(C(C)C)cc1. The molecule has 2 aromatic rings. The summed E-state index contributed by atoms with van der Waals surface area (Å²) in [6, 6.07) is 13.0. The van der Waals surface area contributed by atoms with Gasteiger partial charge < -0.3 is 10.2 Å². The van der Waals surface area contributed by atoms with Crippen molar-refractivity contribution in [3.05, 3.63) is 69.2 Å². The maximum atomic E-state index is 13.4. The highest BCUT2D eigenvalue weighted by Crippen LogP contribution is 2.24. The minimum Gasteiger partial charge on any atom is -0.350 e.